The predicted molar refractivity (Wildman–Crippen MR) is 66.2 cm³/mol. The van der Waals surface area contributed by atoms with Crippen molar-refractivity contribution in [2.75, 3.05) is 6.61 Å². The fourth-order valence-corrected chi connectivity index (χ4v) is 1.84. The number of nitrogens with one attached hydrogen (secondary N) is 1. The number of carbonyl (C=O) groups is 1. The highest BCUT2D eigenvalue weighted by molar-refractivity contribution is 5.97. The van der Waals surface area contributed by atoms with Crippen LogP contribution in [0, 0.1) is 20.8 Å². The minimum Gasteiger partial charge on any atom is -0.466 e. The molecule has 2 N–H and O–H groups in total. The second-order valence-electron chi connectivity index (χ2n) is 5.03. The average Bonchev–Trinajstić information content (AvgIpc) is 2.39. The van der Waals surface area contributed by atoms with Gasteiger partial charge in [0, 0.05) is 17.7 Å². The number of aliphatic hydroxyl groups excluding tert-OH is 1. The lowest BCUT2D eigenvalue weighted by Crippen LogP contribution is -2.44. The third kappa shape index (κ3) is 3.09. The Kier molecular flexibility index (Phi) is 3.98. The lowest BCUT2D eigenvalue weighted by molar-refractivity contribution is 0.0897. The third-order valence-corrected chi connectivity index (χ3v) is 2.98. The molecule has 1 amide bonds. The van der Waals surface area contributed by atoms with Gasteiger partial charge >= 0.3 is 0 Å². The fraction of sp³-hybridized carbons (Fsp3) is 0.615. The second-order valence-corrected chi connectivity index (χ2v) is 5.03. The number of rotatable bonds is 4. The van der Waals surface area contributed by atoms with Gasteiger partial charge in [0.15, 0.2) is 0 Å². The van der Waals surface area contributed by atoms with Gasteiger partial charge in [0.1, 0.15) is 11.5 Å². The summed E-state index contributed by atoms with van der Waals surface area (Å²) in [4.78, 5) is 12.1. The highest BCUT2D eigenvalue weighted by Crippen LogP contribution is 2.21. The Morgan fingerprint density at radius 1 is 1.29 bits per heavy atom. The van der Waals surface area contributed by atoms with Crippen molar-refractivity contribution in [2.45, 2.75) is 46.6 Å². The van der Waals surface area contributed by atoms with Crippen molar-refractivity contribution in [3.8, 4) is 0 Å². The van der Waals surface area contributed by atoms with Crippen LogP contribution in [0.1, 0.15) is 47.7 Å². The Balaban J connectivity index is 2.91. The molecule has 0 atom stereocenters. The number of hydrogen-bond donors (Lipinski definition) is 2. The Bertz CT molecular complexity index is 419. The summed E-state index contributed by atoms with van der Waals surface area (Å²) in [5.41, 5.74) is 1.06. The zero-order valence-corrected chi connectivity index (χ0v) is 11.2. The van der Waals surface area contributed by atoms with E-state index in [9.17, 15) is 4.79 Å². The molecule has 96 valence electrons. The maximum absolute atomic E-state index is 12.1. The SMILES string of the molecule is Cc1oc(C)c(C(=O)NC(C)(C)CCO)c1C. The van der Waals surface area contributed by atoms with E-state index in [0.717, 1.165) is 11.3 Å². The summed E-state index contributed by atoms with van der Waals surface area (Å²) in [6, 6.07) is 0. The molecule has 4 nitrogen and oxygen atoms in total. The van der Waals surface area contributed by atoms with Crippen LogP contribution in [0.4, 0.5) is 0 Å². The van der Waals surface area contributed by atoms with E-state index in [0.29, 0.717) is 17.7 Å². The van der Waals surface area contributed by atoms with Crippen molar-refractivity contribution in [1.82, 2.24) is 5.32 Å². The molecule has 0 radical (unpaired) electrons. The fourth-order valence-electron chi connectivity index (χ4n) is 1.84. The minimum atomic E-state index is -0.421. The zero-order valence-electron chi connectivity index (χ0n) is 11.2. The lowest BCUT2D eigenvalue weighted by atomic mass is 10.00. The number of hydrogen-bond acceptors (Lipinski definition) is 3. The third-order valence-electron chi connectivity index (χ3n) is 2.98. The summed E-state index contributed by atoms with van der Waals surface area (Å²) < 4.78 is 5.43. The summed E-state index contributed by atoms with van der Waals surface area (Å²) >= 11 is 0. The Morgan fingerprint density at radius 3 is 2.29 bits per heavy atom. The van der Waals surface area contributed by atoms with Crippen LogP contribution in [-0.4, -0.2) is 23.2 Å². The zero-order chi connectivity index (χ0) is 13.2. The molecule has 0 fully saturated rings. The molecule has 1 aromatic rings. The van der Waals surface area contributed by atoms with Crippen molar-refractivity contribution in [3.63, 3.8) is 0 Å². The summed E-state index contributed by atoms with van der Waals surface area (Å²) in [7, 11) is 0. The smallest absolute Gasteiger partial charge is 0.255 e. The topological polar surface area (TPSA) is 62.5 Å². The van der Waals surface area contributed by atoms with E-state index < -0.39 is 5.54 Å². The molecular weight excluding hydrogens is 218 g/mol. The molecular formula is C13H21NO3. The first kappa shape index (κ1) is 13.8. The largest absolute Gasteiger partial charge is 0.466 e. The van der Waals surface area contributed by atoms with Gasteiger partial charge in [-0.2, -0.15) is 0 Å². The predicted octanol–water partition coefficient (Wildman–Crippen LogP) is 2.10. The molecule has 0 aliphatic heterocycles. The highest BCUT2D eigenvalue weighted by atomic mass is 16.3. The van der Waals surface area contributed by atoms with Gasteiger partial charge in [-0.1, -0.05) is 0 Å². The van der Waals surface area contributed by atoms with Gasteiger partial charge in [0.2, 0.25) is 0 Å². The first-order valence-corrected chi connectivity index (χ1v) is 5.78. The standard InChI is InChI=1S/C13H21NO3/c1-8-9(2)17-10(3)11(8)12(16)14-13(4,5)6-7-15/h15H,6-7H2,1-5H3,(H,14,16). The van der Waals surface area contributed by atoms with Gasteiger partial charge in [-0.25, -0.2) is 0 Å². The van der Waals surface area contributed by atoms with Crippen molar-refractivity contribution in [2.24, 2.45) is 0 Å². The molecule has 1 heterocycles. The van der Waals surface area contributed by atoms with Crippen molar-refractivity contribution >= 4 is 5.91 Å². The van der Waals surface area contributed by atoms with Crippen LogP contribution in [0.3, 0.4) is 0 Å². The molecule has 1 rings (SSSR count). The lowest BCUT2D eigenvalue weighted by Gasteiger charge is -2.25. The van der Waals surface area contributed by atoms with E-state index in [-0.39, 0.29) is 12.5 Å². The Labute approximate surface area is 102 Å². The van der Waals surface area contributed by atoms with Crippen LogP contribution in [0.5, 0.6) is 0 Å². The monoisotopic (exact) mass is 239 g/mol. The molecule has 0 aromatic carbocycles. The van der Waals surface area contributed by atoms with Crippen LogP contribution >= 0.6 is 0 Å². The second kappa shape index (κ2) is 4.92. The van der Waals surface area contributed by atoms with E-state index in [1.54, 1.807) is 6.92 Å². The van der Waals surface area contributed by atoms with Crippen molar-refractivity contribution in [3.05, 3.63) is 22.6 Å². The summed E-state index contributed by atoms with van der Waals surface area (Å²) in [6.45, 7) is 9.33. The molecule has 17 heavy (non-hydrogen) atoms. The van der Waals surface area contributed by atoms with E-state index >= 15 is 0 Å². The van der Waals surface area contributed by atoms with Gasteiger partial charge in [0.25, 0.3) is 5.91 Å². The number of aryl methyl sites for hydroxylation is 2. The van der Waals surface area contributed by atoms with E-state index in [1.807, 2.05) is 27.7 Å². The summed E-state index contributed by atoms with van der Waals surface area (Å²) in [6.07, 6.45) is 0.521. The van der Waals surface area contributed by atoms with Gasteiger partial charge in [-0.15, -0.1) is 0 Å². The quantitative estimate of drug-likeness (QED) is 0.845. The first-order valence-electron chi connectivity index (χ1n) is 5.78. The van der Waals surface area contributed by atoms with Crippen LogP contribution in [-0.2, 0) is 0 Å². The van der Waals surface area contributed by atoms with Crippen LogP contribution in [0.25, 0.3) is 0 Å². The molecule has 1 aromatic heterocycles. The molecule has 0 unspecified atom stereocenters. The number of furan rings is 1. The maximum atomic E-state index is 12.1. The van der Waals surface area contributed by atoms with Crippen molar-refractivity contribution < 1.29 is 14.3 Å². The molecule has 0 aliphatic carbocycles. The average molecular weight is 239 g/mol. The highest BCUT2D eigenvalue weighted by Gasteiger charge is 2.24. The van der Waals surface area contributed by atoms with Crippen molar-refractivity contribution in [1.29, 1.82) is 0 Å². The minimum absolute atomic E-state index is 0.0512. The number of aliphatic hydroxyl groups is 1. The maximum Gasteiger partial charge on any atom is 0.255 e. The Morgan fingerprint density at radius 2 is 1.88 bits per heavy atom. The first-order chi connectivity index (χ1) is 7.78. The molecule has 0 saturated heterocycles. The van der Waals surface area contributed by atoms with Crippen LogP contribution < -0.4 is 5.32 Å². The van der Waals surface area contributed by atoms with Gasteiger partial charge < -0.3 is 14.8 Å². The summed E-state index contributed by atoms with van der Waals surface area (Å²) in [5.74, 6) is 1.26. The summed E-state index contributed by atoms with van der Waals surface area (Å²) in [5, 5.41) is 11.8. The van der Waals surface area contributed by atoms with E-state index in [2.05, 4.69) is 5.32 Å². The van der Waals surface area contributed by atoms with E-state index in [4.69, 9.17) is 9.52 Å². The number of carbonyl (C=O) groups excluding carboxylic acids is 1. The van der Waals surface area contributed by atoms with Gasteiger partial charge in [-0.3, -0.25) is 4.79 Å². The van der Waals surface area contributed by atoms with Crippen LogP contribution in [0.2, 0.25) is 0 Å². The molecule has 0 aliphatic rings. The van der Waals surface area contributed by atoms with Gasteiger partial charge in [0.05, 0.1) is 5.56 Å². The molecule has 4 heteroatoms. The molecule has 0 spiro atoms. The molecule has 0 bridgehead atoms. The van der Waals surface area contributed by atoms with E-state index in [1.165, 1.54) is 0 Å². The van der Waals surface area contributed by atoms with Gasteiger partial charge in [-0.05, 0) is 41.0 Å². The Hall–Kier alpha value is -1.29. The molecule has 0 saturated carbocycles. The number of amides is 1. The normalized spacial score (nSPS) is 11.6. The van der Waals surface area contributed by atoms with Crippen LogP contribution in [0.15, 0.2) is 4.42 Å².